The van der Waals surface area contributed by atoms with Gasteiger partial charge in [0.05, 0.1) is 46.3 Å². The molecule has 8 nitrogen and oxygen atoms in total. The number of carbonyl (C=O) groups excluding carboxylic acids is 2. The Bertz CT molecular complexity index is 1880. The molecule has 0 radical (unpaired) electrons. The molecule has 3 aliphatic rings. The molecular formula is C40H44N2O6Si. The van der Waals surface area contributed by atoms with Gasteiger partial charge in [0, 0.05) is 30.2 Å². The number of hydrogen-bond donors (Lipinski definition) is 1. The number of aliphatic hydroxyl groups is 1. The fourth-order valence-electron chi connectivity index (χ4n) is 8.62. The van der Waals surface area contributed by atoms with Crippen molar-refractivity contribution in [3.05, 3.63) is 108 Å². The van der Waals surface area contributed by atoms with E-state index in [2.05, 4.69) is 38.2 Å². The number of aryl methyl sites for hydroxylation is 1. The minimum atomic E-state index is -2.29. The zero-order valence-electron chi connectivity index (χ0n) is 28.8. The first-order valence-electron chi connectivity index (χ1n) is 17.1. The van der Waals surface area contributed by atoms with Gasteiger partial charge in [0.1, 0.15) is 11.5 Å². The Morgan fingerprint density at radius 1 is 0.878 bits per heavy atom. The van der Waals surface area contributed by atoms with Crippen LogP contribution >= 0.6 is 0 Å². The topological polar surface area (TPSA) is 88.5 Å². The number of amides is 2. The lowest BCUT2D eigenvalue weighted by Gasteiger charge is -2.37. The third kappa shape index (κ3) is 5.35. The van der Waals surface area contributed by atoms with E-state index in [0.717, 1.165) is 45.9 Å². The number of rotatable bonds is 9. The highest BCUT2D eigenvalue weighted by atomic mass is 28.3. The third-order valence-corrected chi connectivity index (χ3v) is 15.4. The Balaban J connectivity index is 1.24. The molecular weight excluding hydrogens is 633 g/mol. The van der Waals surface area contributed by atoms with Crippen molar-refractivity contribution in [3.63, 3.8) is 0 Å². The highest BCUT2D eigenvalue weighted by Crippen LogP contribution is 2.60. The third-order valence-electron chi connectivity index (χ3n) is 11.1. The van der Waals surface area contributed by atoms with Gasteiger partial charge in [-0.1, -0.05) is 67.7 Å². The summed E-state index contributed by atoms with van der Waals surface area (Å²) in [4.78, 5) is 31.7. The summed E-state index contributed by atoms with van der Waals surface area (Å²) in [6.07, 6.45) is 1.34. The fraction of sp³-hybridized carbons (Fsp3) is 0.350. The lowest BCUT2D eigenvalue weighted by atomic mass is 9.82. The van der Waals surface area contributed by atoms with Crippen LogP contribution in [0, 0.1) is 5.92 Å². The summed E-state index contributed by atoms with van der Waals surface area (Å²) in [5, 5.41) is 11.5. The average Bonchev–Trinajstić information content (AvgIpc) is 3.54. The smallest absolute Gasteiger partial charge is 0.264 e. The monoisotopic (exact) mass is 676 g/mol. The molecule has 2 amide bonds. The molecule has 4 aromatic carbocycles. The number of methoxy groups -OCH3 is 2. The van der Waals surface area contributed by atoms with Crippen LogP contribution in [-0.2, 0) is 32.9 Å². The highest BCUT2D eigenvalue weighted by molar-refractivity contribution is 6.91. The van der Waals surface area contributed by atoms with Gasteiger partial charge in [-0.05, 0) is 78.0 Å². The molecule has 49 heavy (non-hydrogen) atoms. The Labute approximate surface area is 289 Å². The van der Waals surface area contributed by atoms with Crippen molar-refractivity contribution in [2.75, 3.05) is 30.6 Å². The maximum atomic E-state index is 15.0. The first-order chi connectivity index (χ1) is 23.6. The number of para-hydroxylation sites is 1. The second kappa shape index (κ2) is 12.8. The molecule has 4 aromatic rings. The summed E-state index contributed by atoms with van der Waals surface area (Å²) < 4.78 is 18.1. The van der Waals surface area contributed by atoms with Gasteiger partial charge in [-0.2, -0.15) is 0 Å². The van der Waals surface area contributed by atoms with Crippen molar-refractivity contribution < 1.29 is 28.9 Å². The Kier molecular flexibility index (Phi) is 8.63. The zero-order chi connectivity index (χ0) is 34.5. The molecule has 1 fully saturated rings. The van der Waals surface area contributed by atoms with Crippen LogP contribution in [0.5, 0.6) is 11.5 Å². The predicted octanol–water partition coefficient (Wildman–Crippen LogP) is 6.46. The predicted molar refractivity (Wildman–Crippen MR) is 194 cm³/mol. The van der Waals surface area contributed by atoms with Crippen LogP contribution in [0.3, 0.4) is 0 Å². The number of carbonyl (C=O) groups is 2. The van der Waals surface area contributed by atoms with Crippen LogP contribution in [0.15, 0.2) is 91.0 Å². The molecule has 3 heterocycles. The molecule has 0 bridgehead atoms. The van der Waals surface area contributed by atoms with Crippen LogP contribution in [0.2, 0.25) is 18.6 Å². The SMILES string of the molecule is COc1ccc([Si](C)(C)[C@@H]2[C@@H](CCO)O[C@]3(C(=O)N(Cc4ccc(N5C(=O)CCc6ccccc65)cc4)c4ccc(OC)cc43)[C@H]2C)cc1. The van der Waals surface area contributed by atoms with E-state index >= 15 is 0 Å². The minimum absolute atomic E-state index is 0.0315. The molecule has 9 heteroatoms. The average molecular weight is 677 g/mol. The van der Waals surface area contributed by atoms with E-state index in [1.807, 2.05) is 77.7 Å². The number of benzene rings is 4. The Hall–Kier alpha value is -4.44. The van der Waals surface area contributed by atoms with Gasteiger partial charge in [-0.3, -0.25) is 14.5 Å². The number of fused-ring (bicyclic) bond motifs is 3. The van der Waals surface area contributed by atoms with Crippen molar-refractivity contribution in [2.45, 2.75) is 63.1 Å². The summed E-state index contributed by atoms with van der Waals surface area (Å²) >= 11 is 0. The molecule has 0 unspecified atom stereocenters. The van der Waals surface area contributed by atoms with Crippen molar-refractivity contribution >= 4 is 42.1 Å². The first-order valence-corrected chi connectivity index (χ1v) is 20.1. The van der Waals surface area contributed by atoms with E-state index < -0.39 is 13.7 Å². The molecule has 0 aromatic heterocycles. The normalized spacial score (nSPS) is 23.2. The summed E-state index contributed by atoms with van der Waals surface area (Å²) in [5.74, 6) is 1.26. The van der Waals surface area contributed by atoms with Crippen molar-refractivity contribution in [2.24, 2.45) is 5.92 Å². The standard InChI is InChI=1S/C40H44N2O6Si/c1-26-38(49(4,5)32-18-15-30(46-2)16-19-32)36(22-23-43)48-40(26)33-24-31(47-3)17-20-35(33)41(39(40)45)25-27-10-13-29(14-11-27)42-34-9-7-6-8-28(34)12-21-37(42)44/h6-11,13-20,24,26,36,38,43H,12,21-23,25H2,1-5H3/t26-,36+,38-,40+/m0/s1. The van der Waals surface area contributed by atoms with Crippen molar-refractivity contribution in [1.82, 2.24) is 0 Å². The van der Waals surface area contributed by atoms with Gasteiger partial charge >= 0.3 is 0 Å². The number of nitrogens with zero attached hydrogens (tertiary/aromatic N) is 2. The number of ether oxygens (including phenoxy) is 3. The van der Waals surface area contributed by atoms with Gasteiger partial charge in [-0.25, -0.2) is 0 Å². The van der Waals surface area contributed by atoms with E-state index in [-0.39, 0.29) is 36.0 Å². The second-order valence-electron chi connectivity index (χ2n) is 14.0. The Morgan fingerprint density at radius 2 is 1.57 bits per heavy atom. The van der Waals surface area contributed by atoms with Gasteiger partial charge < -0.3 is 24.2 Å². The highest BCUT2D eigenvalue weighted by Gasteiger charge is 2.66. The number of aliphatic hydroxyl groups excluding tert-OH is 1. The van der Waals surface area contributed by atoms with Crippen molar-refractivity contribution in [3.8, 4) is 11.5 Å². The molecule has 3 aliphatic heterocycles. The molecule has 0 saturated carbocycles. The molecule has 0 aliphatic carbocycles. The molecule has 1 N–H and O–H groups in total. The number of anilines is 3. The minimum Gasteiger partial charge on any atom is -0.497 e. The van der Waals surface area contributed by atoms with Crippen LogP contribution in [0.1, 0.15) is 36.5 Å². The van der Waals surface area contributed by atoms with Gasteiger partial charge in [-0.15, -0.1) is 0 Å². The zero-order valence-corrected chi connectivity index (χ0v) is 29.8. The molecule has 254 valence electrons. The lowest BCUT2D eigenvalue weighted by molar-refractivity contribution is -0.146. The maximum Gasteiger partial charge on any atom is 0.264 e. The lowest BCUT2D eigenvalue weighted by Crippen LogP contribution is -2.51. The summed E-state index contributed by atoms with van der Waals surface area (Å²) in [5.41, 5.74) is 4.25. The van der Waals surface area contributed by atoms with Crippen LogP contribution in [-0.4, -0.2) is 51.9 Å². The van der Waals surface area contributed by atoms with Gasteiger partial charge in [0.2, 0.25) is 5.91 Å². The van der Waals surface area contributed by atoms with Gasteiger partial charge in [0.25, 0.3) is 5.91 Å². The Morgan fingerprint density at radius 3 is 2.27 bits per heavy atom. The first kappa shape index (κ1) is 33.1. The second-order valence-corrected chi connectivity index (χ2v) is 18.7. The largest absolute Gasteiger partial charge is 0.497 e. The van der Waals surface area contributed by atoms with E-state index in [0.29, 0.717) is 25.1 Å². The van der Waals surface area contributed by atoms with Crippen LogP contribution in [0.4, 0.5) is 17.1 Å². The summed E-state index contributed by atoms with van der Waals surface area (Å²) in [6, 6.07) is 30.0. The van der Waals surface area contributed by atoms with E-state index in [1.54, 1.807) is 19.1 Å². The van der Waals surface area contributed by atoms with Crippen LogP contribution < -0.4 is 24.5 Å². The molecule has 7 rings (SSSR count). The quantitative estimate of drug-likeness (QED) is 0.205. The summed E-state index contributed by atoms with van der Waals surface area (Å²) in [6.45, 7) is 7.12. The van der Waals surface area contributed by atoms with Crippen molar-refractivity contribution in [1.29, 1.82) is 0 Å². The van der Waals surface area contributed by atoms with E-state index in [1.165, 1.54) is 5.19 Å². The van der Waals surface area contributed by atoms with Crippen LogP contribution in [0.25, 0.3) is 0 Å². The summed E-state index contributed by atoms with van der Waals surface area (Å²) in [7, 11) is 1.01. The van der Waals surface area contributed by atoms with E-state index in [4.69, 9.17) is 14.2 Å². The molecule has 1 spiro atoms. The molecule has 1 saturated heterocycles. The fourth-order valence-corrected chi connectivity index (χ4v) is 12.7. The maximum absolute atomic E-state index is 15.0. The number of hydrogen-bond acceptors (Lipinski definition) is 6. The molecule has 4 atom stereocenters. The van der Waals surface area contributed by atoms with E-state index in [9.17, 15) is 14.7 Å². The van der Waals surface area contributed by atoms with Gasteiger partial charge in [0.15, 0.2) is 5.60 Å².